The molecular formula is C21H26N4O2. The molecule has 0 aromatic carbocycles. The standard InChI is InChI=1S/C21H26N4O2/c1-15-6-12-26-21(13-15)7-10-25(11-8-21)19-16(2)20(24-14-23-19)27-18-5-4-9-22-17(18)3/h4-5,9,13-14H,6-8,10-12H2,1-3H3. The van der Waals surface area contributed by atoms with E-state index >= 15 is 0 Å². The Labute approximate surface area is 160 Å². The van der Waals surface area contributed by atoms with Gasteiger partial charge in [-0.2, -0.15) is 0 Å². The largest absolute Gasteiger partial charge is 0.437 e. The van der Waals surface area contributed by atoms with Gasteiger partial charge in [-0.25, -0.2) is 9.97 Å². The van der Waals surface area contributed by atoms with Crippen LogP contribution in [0, 0.1) is 13.8 Å². The average molecular weight is 366 g/mol. The number of anilines is 1. The number of aromatic nitrogens is 3. The van der Waals surface area contributed by atoms with Crippen molar-refractivity contribution in [3.63, 3.8) is 0 Å². The first-order chi connectivity index (χ1) is 13.1. The van der Waals surface area contributed by atoms with Gasteiger partial charge in [0.2, 0.25) is 5.88 Å². The van der Waals surface area contributed by atoms with Gasteiger partial charge in [0.05, 0.1) is 23.5 Å². The summed E-state index contributed by atoms with van der Waals surface area (Å²) in [4.78, 5) is 15.5. The molecule has 4 heterocycles. The monoisotopic (exact) mass is 366 g/mol. The fourth-order valence-electron chi connectivity index (χ4n) is 3.89. The Morgan fingerprint density at radius 1 is 1.11 bits per heavy atom. The van der Waals surface area contributed by atoms with Gasteiger partial charge in [0.15, 0.2) is 5.75 Å². The first-order valence-corrected chi connectivity index (χ1v) is 9.55. The molecule has 27 heavy (non-hydrogen) atoms. The van der Waals surface area contributed by atoms with Crippen LogP contribution >= 0.6 is 0 Å². The van der Waals surface area contributed by atoms with Gasteiger partial charge in [0.1, 0.15) is 12.1 Å². The first kappa shape index (κ1) is 17.9. The summed E-state index contributed by atoms with van der Waals surface area (Å²) >= 11 is 0. The summed E-state index contributed by atoms with van der Waals surface area (Å²) in [5, 5.41) is 0. The van der Waals surface area contributed by atoms with Gasteiger partial charge in [0, 0.05) is 19.3 Å². The lowest BCUT2D eigenvalue weighted by molar-refractivity contribution is -0.0326. The summed E-state index contributed by atoms with van der Waals surface area (Å²) in [6.07, 6.45) is 8.67. The number of nitrogens with zero attached hydrogens (tertiary/aromatic N) is 4. The Morgan fingerprint density at radius 3 is 2.67 bits per heavy atom. The maximum absolute atomic E-state index is 6.14. The third-order valence-electron chi connectivity index (χ3n) is 5.48. The molecule has 0 amide bonds. The quantitative estimate of drug-likeness (QED) is 0.766. The summed E-state index contributed by atoms with van der Waals surface area (Å²) in [7, 11) is 0. The lowest BCUT2D eigenvalue weighted by atomic mass is 9.87. The molecule has 6 heteroatoms. The van der Waals surface area contributed by atoms with Crippen LogP contribution in [0.3, 0.4) is 0 Å². The van der Waals surface area contributed by atoms with E-state index in [1.54, 1.807) is 12.5 Å². The van der Waals surface area contributed by atoms with Crippen LogP contribution in [0.1, 0.15) is 37.4 Å². The fourth-order valence-corrected chi connectivity index (χ4v) is 3.89. The zero-order valence-corrected chi connectivity index (χ0v) is 16.2. The van der Waals surface area contributed by atoms with Gasteiger partial charge in [-0.05, 0) is 52.2 Å². The molecule has 2 aromatic rings. The summed E-state index contributed by atoms with van der Waals surface area (Å²) in [6.45, 7) is 8.80. The smallest absolute Gasteiger partial charge is 0.227 e. The number of rotatable bonds is 3. The van der Waals surface area contributed by atoms with E-state index in [2.05, 4.69) is 32.9 Å². The summed E-state index contributed by atoms with van der Waals surface area (Å²) < 4.78 is 12.2. The van der Waals surface area contributed by atoms with Crippen molar-refractivity contribution in [3.05, 3.63) is 47.6 Å². The highest BCUT2D eigenvalue weighted by Crippen LogP contribution is 2.36. The molecule has 2 aromatic heterocycles. The van der Waals surface area contributed by atoms with Crippen LogP contribution in [-0.4, -0.2) is 40.2 Å². The van der Waals surface area contributed by atoms with E-state index in [1.165, 1.54) is 5.57 Å². The molecule has 0 saturated carbocycles. The molecule has 4 rings (SSSR count). The van der Waals surface area contributed by atoms with Crippen molar-refractivity contribution in [2.75, 3.05) is 24.6 Å². The van der Waals surface area contributed by atoms with Gasteiger partial charge in [-0.1, -0.05) is 11.6 Å². The Bertz CT molecular complexity index is 857. The zero-order chi connectivity index (χ0) is 18.9. The van der Waals surface area contributed by atoms with E-state index in [-0.39, 0.29) is 5.60 Å². The van der Waals surface area contributed by atoms with Gasteiger partial charge in [0.25, 0.3) is 0 Å². The number of pyridine rings is 1. The van der Waals surface area contributed by atoms with Crippen LogP contribution in [0.15, 0.2) is 36.3 Å². The van der Waals surface area contributed by atoms with Crippen molar-refractivity contribution in [2.45, 2.75) is 45.6 Å². The molecule has 2 aliphatic heterocycles. The van der Waals surface area contributed by atoms with Crippen molar-refractivity contribution < 1.29 is 9.47 Å². The maximum Gasteiger partial charge on any atom is 0.227 e. The Kier molecular flexibility index (Phi) is 4.83. The Balaban J connectivity index is 1.52. The summed E-state index contributed by atoms with van der Waals surface area (Å²) in [5.41, 5.74) is 3.14. The number of ether oxygens (including phenoxy) is 2. The van der Waals surface area contributed by atoms with Crippen LogP contribution in [0.2, 0.25) is 0 Å². The third kappa shape index (κ3) is 3.67. The second-order valence-electron chi connectivity index (χ2n) is 7.46. The minimum absolute atomic E-state index is 0.0914. The average Bonchev–Trinajstić information content (AvgIpc) is 2.66. The SMILES string of the molecule is CC1=CC2(CCN(c3ncnc(Oc4cccnc4C)c3C)CC2)OCC1. The predicted molar refractivity (Wildman–Crippen MR) is 104 cm³/mol. The van der Waals surface area contributed by atoms with Crippen molar-refractivity contribution in [3.8, 4) is 11.6 Å². The maximum atomic E-state index is 6.14. The molecular weight excluding hydrogens is 340 g/mol. The number of hydrogen-bond acceptors (Lipinski definition) is 6. The molecule has 0 bridgehead atoms. The summed E-state index contributed by atoms with van der Waals surface area (Å²) in [6, 6.07) is 3.77. The molecule has 1 fully saturated rings. The molecule has 142 valence electrons. The predicted octanol–water partition coefficient (Wildman–Crippen LogP) is 3.99. The number of piperidine rings is 1. The first-order valence-electron chi connectivity index (χ1n) is 9.55. The highest BCUT2D eigenvalue weighted by atomic mass is 16.5. The number of aryl methyl sites for hydroxylation is 1. The topological polar surface area (TPSA) is 60.4 Å². The molecule has 0 unspecified atom stereocenters. The van der Waals surface area contributed by atoms with Gasteiger partial charge in [-0.3, -0.25) is 4.98 Å². The summed E-state index contributed by atoms with van der Waals surface area (Å²) in [5.74, 6) is 2.24. The van der Waals surface area contributed by atoms with E-state index in [1.807, 2.05) is 26.0 Å². The zero-order valence-electron chi connectivity index (χ0n) is 16.2. The van der Waals surface area contributed by atoms with Crippen LogP contribution in [0.4, 0.5) is 5.82 Å². The van der Waals surface area contributed by atoms with Crippen LogP contribution in [0.25, 0.3) is 0 Å². The fraction of sp³-hybridized carbons (Fsp3) is 0.476. The molecule has 0 N–H and O–H groups in total. The highest BCUT2D eigenvalue weighted by Gasteiger charge is 2.36. The molecule has 1 saturated heterocycles. The van der Waals surface area contributed by atoms with E-state index in [0.717, 1.165) is 61.8 Å². The van der Waals surface area contributed by atoms with Crippen molar-refractivity contribution in [1.29, 1.82) is 0 Å². The second-order valence-corrected chi connectivity index (χ2v) is 7.46. The van der Waals surface area contributed by atoms with Crippen LogP contribution in [-0.2, 0) is 4.74 Å². The molecule has 2 aliphatic rings. The molecule has 1 spiro atoms. The second kappa shape index (κ2) is 7.27. The molecule has 0 radical (unpaired) electrons. The van der Waals surface area contributed by atoms with Crippen molar-refractivity contribution in [2.24, 2.45) is 0 Å². The van der Waals surface area contributed by atoms with Crippen LogP contribution in [0.5, 0.6) is 11.6 Å². The number of hydrogen-bond donors (Lipinski definition) is 0. The van der Waals surface area contributed by atoms with Crippen LogP contribution < -0.4 is 9.64 Å². The Hall–Kier alpha value is -2.47. The van der Waals surface area contributed by atoms with E-state index in [9.17, 15) is 0 Å². The lowest BCUT2D eigenvalue weighted by Crippen LogP contribution is -2.47. The third-order valence-corrected chi connectivity index (χ3v) is 5.48. The highest BCUT2D eigenvalue weighted by molar-refractivity contribution is 5.51. The van der Waals surface area contributed by atoms with E-state index in [0.29, 0.717) is 5.88 Å². The minimum atomic E-state index is -0.0914. The van der Waals surface area contributed by atoms with E-state index < -0.39 is 0 Å². The molecule has 6 nitrogen and oxygen atoms in total. The van der Waals surface area contributed by atoms with Gasteiger partial charge < -0.3 is 14.4 Å². The van der Waals surface area contributed by atoms with E-state index in [4.69, 9.17) is 9.47 Å². The molecule has 0 atom stereocenters. The minimum Gasteiger partial charge on any atom is -0.437 e. The van der Waals surface area contributed by atoms with Gasteiger partial charge >= 0.3 is 0 Å². The molecule has 0 aliphatic carbocycles. The normalized spacial score (nSPS) is 19.1. The lowest BCUT2D eigenvalue weighted by Gasteiger charge is -2.42. The van der Waals surface area contributed by atoms with Crippen molar-refractivity contribution >= 4 is 5.82 Å². The van der Waals surface area contributed by atoms with Crippen molar-refractivity contribution in [1.82, 2.24) is 15.0 Å². The van der Waals surface area contributed by atoms with Gasteiger partial charge in [-0.15, -0.1) is 0 Å². The Morgan fingerprint density at radius 2 is 1.93 bits per heavy atom.